The van der Waals surface area contributed by atoms with Crippen LogP contribution in [0.25, 0.3) is 33.4 Å². The number of amides is 5. The molecule has 1 saturated heterocycles. The first-order valence-electron chi connectivity index (χ1n) is 29.0. The number of rotatable bonds is 31. The van der Waals surface area contributed by atoms with Crippen molar-refractivity contribution < 1.29 is 60.5 Å². The van der Waals surface area contributed by atoms with Gasteiger partial charge < -0.3 is 54.2 Å². The second-order valence-electron chi connectivity index (χ2n) is 20.3. The highest BCUT2D eigenvalue weighted by atomic mass is 33.1. The maximum absolute atomic E-state index is 14.9. The van der Waals surface area contributed by atoms with E-state index in [1.54, 1.807) is 18.3 Å². The summed E-state index contributed by atoms with van der Waals surface area (Å²) in [6.45, 7) is 13.5. The van der Waals surface area contributed by atoms with Crippen LogP contribution in [0.1, 0.15) is 95.2 Å². The molecule has 0 saturated carbocycles. The Bertz CT molecular complexity index is 3540. The number of pyridine rings is 1. The third-order valence-electron chi connectivity index (χ3n) is 14.7. The molecule has 3 unspecified atom stereocenters. The number of carbonyl (C=O) groups is 5. The topological polar surface area (TPSA) is 297 Å². The van der Waals surface area contributed by atoms with Crippen LogP contribution in [0.4, 0.5) is 16.2 Å². The number of alkyl carbamates (subject to hydrolysis) is 1. The SMILES string of the molecule is CCN(CC)c1ccc2c(-c3ccccc3C(=O)N3CCCC3C(=O)NC(CS(=O)(=O)[O-])C(=O)NCCCCCC(=O)NCCOc3cc([N+](=O)[O-])c(C(C)OC(=O)NCCSSc4ccccn4)cc3OC)c3ccc(=[N+](CC)CC)cc-3oc2c1. The monoisotopic (exact) mass is 1250 g/mol. The van der Waals surface area contributed by atoms with Crippen molar-refractivity contribution in [2.45, 2.75) is 96.4 Å². The van der Waals surface area contributed by atoms with Gasteiger partial charge in [0.1, 0.15) is 54.3 Å². The minimum absolute atomic E-state index is 0.0315. The van der Waals surface area contributed by atoms with Crippen LogP contribution in [0.2, 0.25) is 0 Å². The number of aromatic nitrogens is 1. The van der Waals surface area contributed by atoms with Crippen LogP contribution in [-0.4, -0.2) is 147 Å². The van der Waals surface area contributed by atoms with Gasteiger partial charge in [0.15, 0.2) is 11.5 Å². The summed E-state index contributed by atoms with van der Waals surface area (Å²) in [5.74, 6) is -2.31. The standard InChI is InChI=1S/C61H75N9O14S3/c1-7-67(8-2)41-24-26-45-51(35-41)84-52-36-42(68(9-3)10-4)25-27-46(52)57(45)43-19-13-14-20-44(43)60(74)69-32-18-21-49(69)59(73)66-48(39-87(78,79)80)58(72)64-29-16-11-12-22-55(71)62-30-33-82-54-38-50(70(76)77)47(37-53(54)81-6)40(5)83-61(75)65-31-34-85-86-56-23-15-17-28-63-56/h13-15,17,19-20,23-28,35-38,40,48-49H,7-12,16,18,21-22,29-34,39H2,1-6H3,(H4-,62,64,65,66,71,72,73,75,78,79,80). The van der Waals surface area contributed by atoms with Crippen molar-refractivity contribution in [3.05, 3.63) is 124 Å². The van der Waals surface area contributed by atoms with Gasteiger partial charge in [0.05, 0.1) is 52.1 Å². The Labute approximate surface area is 514 Å². The van der Waals surface area contributed by atoms with Crippen LogP contribution in [0.5, 0.6) is 11.5 Å². The quantitative estimate of drug-likeness (QED) is 0.00611. The third-order valence-corrected chi connectivity index (χ3v) is 17.7. The Kier molecular flexibility index (Phi) is 24.6. The van der Waals surface area contributed by atoms with Gasteiger partial charge in [-0.25, -0.2) is 22.8 Å². The first-order valence-corrected chi connectivity index (χ1v) is 32.9. The molecule has 87 heavy (non-hydrogen) atoms. The summed E-state index contributed by atoms with van der Waals surface area (Å²) >= 11 is 0. The lowest BCUT2D eigenvalue weighted by molar-refractivity contribution is -0.386. The van der Waals surface area contributed by atoms with Crippen molar-refractivity contribution in [1.29, 1.82) is 0 Å². The normalized spacial score (nSPS) is 13.8. The van der Waals surface area contributed by atoms with Crippen LogP contribution in [0.15, 0.2) is 107 Å². The van der Waals surface area contributed by atoms with Gasteiger partial charge in [-0.1, -0.05) is 41.5 Å². The van der Waals surface area contributed by atoms with E-state index in [2.05, 4.69) is 63.4 Å². The number of hydrogen-bond donors (Lipinski definition) is 4. The van der Waals surface area contributed by atoms with E-state index in [4.69, 9.17) is 18.6 Å². The van der Waals surface area contributed by atoms with E-state index in [0.29, 0.717) is 53.9 Å². The Morgan fingerprint density at radius 1 is 0.874 bits per heavy atom. The molecule has 0 radical (unpaired) electrons. The van der Waals surface area contributed by atoms with E-state index >= 15 is 0 Å². The van der Waals surface area contributed by atoms with Crippen molar-refractivity contribution in [2.75, 3.05) is 82.5 Å². The number of hydrogen-bond acceptors (Lipinski definition) is 18. The predicted octanol–water partition coefficient (Wildman–Crippen LogP) is 7.91. The van der Waals surface area contributed by atoms with Crippen LogP contribution < -0.4 is 45.6 Å². The molecule has 3 aromatic carbocycles. The molecule has 4 N–H and O–H groups in total. The summed E-state index contributed by atoms with van der Waals surface area (Å²) in [6, 6.07) is 24.5. The van der Waals surface area contributed by atoms with Gasteiger partial charge in [-0.2, -0.15) is 0 Å². The lowest BCUT2D eigenvalue weighted by atomic mass is 9.90. The second kappa shape index (κ2) is 32.2. The molecule has 5 amide bonds. The molecule has 0 spiro atoms. The summed E-state index contributed by atoms with van der Waals surface area (Å²) in [5, 5.41) is 25.1. The van der Waals surface area contributed by atoms with Gasteiger partial charge >= 0.3 is 6.09 Å². The lowest BCUT2D eigenvalue weighted by Crippen LogP contribution is -2.55. The van der Waals surface area contributed by atoms with Crippen LogP contribution in [0.3, 0.4) is 0 Å². The highest BCUT2D eigenvalue weighted by molar-refractivity contribution is 8.76. The molecular weight excluding hydrogens is 1180 g/mol. The number of unbranched alkanes of at least 4 members (excludes halogenated alkanes) is 2. The number of likely N-dealkylation sites (tertiary alicyclic amines) is 1. The summed E-state index contributed by atoms with van der Waals surface area (Å²) in [4.78, 5) is 87.1. The third kappa shape index (κ3) is 18.1. The summed E-state index contributed by atoms with van der Waals surface area (Å²) in [6.07, 6.45) is 1.89. The molecule has 3 atom stereocenters. The number of nitro benzene ring substituents is 1. The van der Waals surface area contributed by atoms with E-state index in [-0.39, 0.29) is 74.3 Å². The molecular formula is C61H75N9O14S3. The molecule has 1 fully saturated rings. The highest BCUT2D eigenvalue weighted by Crippen LogP contribution is 2.43. The summed E-state index contributed by atoms with van der Waals surface area (Å²) in [5.41, 5.74) is 3.81. The van der Waals surface area contributed by atoms with Gasteiger partial charge in [-0.3, -0.25) is 29.3 Å². The van der Waals surface area contributed by atoms with Crippen molar-refractivity contribution in [2.24, 2.45) is 0 Å². The Balaban J connectivity index is 0.901. The first-order chi connectivity index (χ1) is 41.9. The fourth-order valence-electron chi connectivity index (χ4n) is 10.4. The fraction of sp³-hybridized carbons (Fsp3) is 0.426. The van der Waals surface area contributed by atoms with E-state index in [1.807, 2.05) is 66.7 Å². The Hall–Kier alpha value is -7.94. The van der Waals surface area contributed by atoms with E-state index in [9.17, 15) is 47.1 Å². The average Bonchev–Trinajstić information content (AvgIpc) is 1.24. The fourth-order valence-corrected chi connectivity index (χ4v) is 12.8. The van der Waals surface area contributed by atoms with Crippen molar-refractivity contribution in [1.82, 2.24) is 35.7 Å². The number of methoxy groups -OCH3 is 1. The number of nitro groups is 1. The zero-order chi connectivity index (χ0) is 62.6. The van der Waals surface area contributed by atoms with Gasteiger partial charge in [0.2, 0.25) is 23.1 Å². The molecule has 7 rings (SSSR count). The summed E-state index contributed by atoms with van der Waals surface area (Å²) in [7, 11) is -0.730. The number of carbonyl (C=O) groups excluding carboxylic acids is 5. The zero-order valence-electron chi connectivity index (χ0n) is 49.7. The van der Waals surface area contributed by atoms with E-state index in [1.165, 1.54) is 46.6 Å². The number of nitrogens with zero attached hydrogens (tertiary/aromatic N) is 5. The average molecular weight is 1250 g/mol. The molecule has 0 bridgehead atoms. The summed E-state index contributed by atoms with van der Waals surface area (Å²) < 4.78 is 61.9. The number of nitrogens with one attached hydrogen (secondary N) is 4. The molecule has 466 valence electrons. The van der Waals surface area contributed by atoms with Crippen molar-refractivity contribution >= 4 is 83.8 Å². The minimum atomic E-state index is -5.03. The van der Waals surface area contributed by atoms with Crippen LogP contribution in [-0.2, 0) is 29.2 Å². The molecule has 2 aliphatic heterocycles. The number of fused-ring (bicyclic) bond motifs is 2. The largest absolute Gasteiger partial charge is 0.748 e. The Morgan fingerprint density at radius 2 is 1.64 bits per heavy atom. The van der Waals surface area contributed by atoms with Crippen LogP contribution in [0, 0.1) is 10.1 Å². The van der Waals surface area contributed by atoms with Crippen molar-refractivity contribution in [3.63, 3.8) is 0 Å². The van der Waals surface area contributed by atoms with Gasteiger partial charge in [-0.15, -0.1) is 0 Å². The predicted molar refractivity (Wildman–Crippen MR) is 334 cm³/mol. The highest BCUT2D eigenvalue weighted by Gasteiger charge is 2.38. The maximum Gasteiger partial charge on any atom is 0.407 e. The van der Waals surface area contributed by atoms with E-state index < -0.39 is 62.8 Å². The molecule has 4 aromatic rings. The molecule has 23 nitrogen and oxygen atoms in total. The number of benzene rings is 4. The number of ether oxygens (including phenoxy) is 3. The first kappa shape index (κ1) is 66.6. The maximum atomic E-state index is 14.9. The lowest BCUT2D eigenvalue weighted by Gasteiger charge is -2.28. The molecule has 1 aliphatic carbocycles. The molecule has 3 heterocycles. The zero-order valence-corrected chi connectivity index (χ0v) is 52.1. The minimum Gasteiger partial charge on any atom is -0.748 e. The van der Waals surface area contributed by atoms with Crippen LogP contribution >= 0.6 is 21.6 Å². The van der Waals surface area contributed by atoms with E-state index in [0.717, 1.165) is 64.8 Å². The van der Waals surface area contributed by atoms with Gasteiger partial charge in [0.25, 0.3) is 11.6 Å². The second-order valence-corrected chi connectivity index (χ2v) is 24.2. The van der Waals surface area contributed by atoms with Crippen molar-refractivity contribution in [3.8, 4) is 33.9 Å². The number of anilines is 1. The molecule has 26 heteroatoms. The Morgan fingerprint density at radius 3 is 2.36 bits per heavy atom. The molecule has 3 aliphatic rings. The van der Waals surface area contributed by atoms with Gasteiger partial charge in [0, 0.05) is 91.0 Å². The smallest absolute Gasteiger partial charge is 0.407 e. The molecule has 1 aromatic heterocycles. The van der Waals surface area contributed by atoms with Gasteiger partial charge in [-0.05, 0) is 119 Å².